The van der Waals surface area contributed by atoms with E-state index in [9.17, 15) is 4.79 Å². The summed E-state index contributed by atoms with van der Waals surface area (Å²) in [5.74, 6) is -0.784. The van der Waals surface area contributed by atoms with Gasteiger partial charge in [-0.05, 0) is 13.0 Å². The molecule has 0 radical (unpaired) electrons. The van der Waals surface area contributed by atoms with Gasteiger partial charge in [-0.1, -0.05) is 5.16 Å². The lowest BCUT2D eigenvalue weighted by Gasteiger charge is -2.03. The van der Waals surface area contributed by atoms with Crippen molar-refractivity contribution in [2.75, 3.05) is 13.1 Å². The molecule has 0 saturated carbocycles. The molecule has 13 heavy (non-hydrogen) atoms. The zero-order valence-corrected chi connectivity index (χ0v) is 6.99. The molecule has 1 aromatic heterocycles. The van der Waals surface area contributed by atoms with E-state index in [0.29, 0.717) is 5.69 Å². The summed E-state index contributed by atoms with van der Waals surface area (Å²) < 4.78 is 4.66. The molecule has 2 heterocycles. The fourth-order valence-corrected chi connectivity index (χ4v) is 1.59. The Bertz CT molecular complexity index is 315. The normalized spacial score (nSPS) is 22.0. The van der Waals surface area contributed by atoms with Crippen molar-refractivity contribution in [3.05, 3.63) is 17.5 Å². The first-order valence-electron chi connectivity index (χ1n) is 4.17. The second kappa shape index (κ2) is 3.18. The summed E-state index contributed by atoms with van der Waals surface area (Å²) in [6.45, 7) is 1.70. The van der Waals surface area contributed by atoms with E-state index in [1.54, 1.807) is 0 Å². The molecule has 5 nitrogen and oxygen atoms in total. The van der Waals surface area contributed by atoms with Crippen LogP contribution in [0.2, 0.25) is 0 Å². The van der Waals surface area contributed by atoms with Gasteiger partial charge in [0.25, 0.3) is 0 Å². The predicted octanol–water partition coefficient (Wildman–Crippen LogP) is 0.450. The van der Waals surface area contributed by atoms with Crippen molar-refractivity contribution >= 4 is 5.97 Å². The average molecular weight is 182 g/mol. The summed E-state index contributed by atoms with van der Waals surface area (Å²) >= 11 is 0. The third-order valence-corrected chi connectivity index (χ3v) is 2.27. The van der Waals surface area contributed by atoms with E-state index in [-0.39, 0.29) is 11.5 Å². The van der Waals surface area contributed by atoms with Gasteiger partial charge in [0.05, 0.1) is 0 Å². The number of carboxylic acid groups (broad SMARTS) is 1. The Morgan fingerprint density at radius 3 is 3.23 bits per heavy atom. The van der Waals surface area contributed by atoms with Crippen LogP contribution in [-0.2, 0) is 0 Å². The van der Waals surface area contributed by atoms with E-state index in [4.69, 9.17) is 5.11 Å². The molecule has 1 unspecified atom stereocenters. The minimum atomic E-state index is -0.969. The standard InChI is InChI=1S/C8H10N2O3/c11-8(12)6-4-13-10-7(6)5-1-2-9-3-5/h4-5,9H,1-3H2,(H,11,12). The van der Waals surface area contributed by atoms with Crippen LogP contribution >= 0.6 is 0 Å². The smallest absolute Gasteiger partial charge is 0.340 e. The van der Waals surface area contributed by atoms with E-state index in [2.05, 4.69) is 15.0 Å². The first-order valence-corrected chi connectivity index (χ1v) is 4.17. The molecule has 2 rings (SSSR count). The highest BCUT2D eigenvalue weighted by molar-refractivity contribution is 5.88. The molecule has 1 aliphatic heterocycles. The van der Waals surface area contributed by atoms with Gasteiger partial charge in [-0.3, -0.25) is 0 Å². The van der Waals surface area contributed by atoms with Gasteiger partial charge in [-0.2, -0.15) is 0 Å². The highest BCUT2D eigenvalue weighted by Crippen LogP contribution is 2.23. The van der Waals surface area contributed by atoms with E-state index >= 15 is 0 Å². The highest BCUT2D eigenvalue weighted by atomic mass is 16.5. The summed E-state index contributed by atoms with van der Waals surface area (Å²) in [5, 5.41) is 15.7. The maximum absolute atomic E-state index is 10.7. The second-order valence-corrected chi connectivity index (χ2v) is 3.11. The fraction of sp³-hybridized carbons (Fsp3) is 0.500. The van der Waals surface area contributed by atoms with Crippen molar-refractivity contribution in [1.82, 2.24) is 10.5 Å². The Labute approximate surface area is 74.7 Å². The molecule has 1 saturated heterocycles. The number of carbonyl (C=O) groups is 1. The van der Waals surface area contributed by atoms with Crippen LogP contribution in [0.1, 0.15) is 28.4 Å². The number of nitrogens with one attached hydrogen (secondary N) is 1. The Hall–Kier alpha value is -1.36. The van der Waals surface area contributed by atoms with Crippen molar-refractivity contribution in [1.29, 1.82) is 0 Å². The van der Waals surface area contributed by atoms with Crippen LogP contribution in [0.15, 0.2) is 10.8 Å². The summed E-state index contributed by atoms with van der Waals surface area (Å²) in [6, 6.07) is 0. The zero-order valence-electron chi connectivity index (χ0n) is 6.99. The number of hydrogen-bond donors (Lipinski definition) is 2. The van der Waals surface area contributed by atoms with E-state index < -0.39 is 5.97 Å². The average Bonchev–Trinajstić information content (AvgIpc) is 2.74. The maximum atomic E-state index is 10.7. The zero-order chi connectivity index (χ0) is 9.26. The van der Waals surface area contributed by atoms with Crippen LogP contribution in [0.25, 0.3) is 0 Å². The molecule has 1 aromatic rings. The molecule has 5 heteroatoms. The summed E-state index contributed by atoms with van der Waals surface area (Å²) in [5.41, 5.74) is 0.756. The Morgan fingerprint density at radius 1 is 1.77 bits per heavy atom. The summed E-state index contributed by atoms with van der Waals surface area (Å²) in [6.07, 6.45) is 2.11. The Kier molecular flexibility index (Phi) is 2.02. The van der Waals surface area contributed by atoms with Gasteiger partial charge in [0.1, 0.15) is 17.5 Å². The Balaban J connectivity index is 2.28. The van der Waals surface area contributed by atoms with Gasteiger partial charge in [0, 0.05) is 12.5 Å². The van der Waals surface area contributed by atoms with E-state index in [1.807, 2.05) is 0 Å². The molecule has 0 aliphatic carbocycles. The largest absolute Gasteiger partial charge is 0.478 e. The van der Waals surface area contributed by atoms with Gasteiger partial charge < -0.3 is 14.9 Å². The highest BCUT2D eigenvalue weighted by Gasteiger charge is 2.25. The van der Waals surface area contributed by atoms with Gasteiger partial charge >= 0.3 is 5.97 Å². The number of hydrogen-bond acceptors (Lipinski definition) is 4. The quantitative estimate of drug-likeness (QED) is 0.694. The first kappa shape index (κ1) is 8.25. The Morgan fingerprint density at radius 2 is 2.62 bits per heavy atom. The number of nitrogens with zero attached hydrogens (tertiary/aromatic N) is 1. The lowest BCUT2D eigenvalue weighted by atomic mass is 10.0. The van der Waals surface area contributed by atoms with E-state index in [0.717, 1.165) is 19.5 Å². The van der Waals surface area contributed by atoms with Crippen molar-refractivity contribution in [3.63, 3.8) is 0 Å². The van der Waals surface area contributed by atoms with Gasteiger partial charge in [-0.25, -0.2) is 4.79 Å². The lowest BCUT2D eigenvalue weighted by molar-refractivity contribution is 0.0694. The molecule has 0 spiro atoms. The molecular formula is C8H10N2O3. The van der Waals surface area contributed by atoms with Crippen LogP contribution in [0.5, 0.6) is 0 Å². The lowest BCUT2D eigenvalue weighted by Crippen LogP contribution is -2.10. The molecular weight excluding hydrogens is 172 g/mol. The molecule has 0 aromatic carbocycles. The van der Waals surface area contributed by atoms with Gasteiger partial charge in [-0.15, -0.1) is 0 Å². The topological polar surface area (TPSA) is 75.4 Å². The monoisotopic (exact) mass is 182 g/mol. The van der Waals surface area contributed by atoms with Gasteiger partial charge in [0.15, 0.2) is 0 Å². The molecule has 1 aliphatic rings. The fourth-order valence-electron chi connectivity index (χ4n) is 1.59. The molecule has 0 amide bonds. The third kappa shape index (κ3) is 1.42. The third-order valence-electron chi connectivity index (χ3n) is 2.27. The van der Waals surface area contributed by atoms with Crippen molar-refractivity contribution in [2.24, 2.45) is 0 Å². The van der Waals surface area contributed by atoms with Crippen molar-refractivity contribution < 1.29 is 14.4 Å². The van der Waals surface area contributed by atoms with Crippen LogP contribution in [0, 0.1) is 0 Å². The second-order valence-electron chi connectivity index (χ2n) is 3.11. The van der Waals surface area contributed by atoms with Crippen LogP contribution in [-0.4, -0.2) is 29.3 Å². The first-order chi connectivity index (χ1) is 6.29. The van der Waals surface area contributed by atoms with Crippen LogP contribution in [0.4, 0.5) is 0 Å². The minimum Gasteiger partial charge on any atom is -0.478 e. The molecule has 70 valence electrons. The molecule has 1 atom stereocenters. The van der Waals surface area contributed by atoms with Gasteiger partial charge in [0.2, 0.25) is 0 Å². The van der Waals surface area contributed by atoms with E-state index in [1.165, 1.54) is 6.26 Å². The maximum Gasteiger partial charge on any atom is 0.340 e. The SMILES string of the molecule is O=C(O)c1conc1C1CCNC1. The number of rotatable bonds is 2. The summed E-state index contributed by atoms with van der Waals surface area (Å²) in [7, 11) is 0. The van der Waals surface area contributed by atoms with Crippen LogP contribution in [0.3, 0.4) is 0 Å². The number of aromatic carboxylic acids is 1. The molecule has 0 bridgehead atoms. The molecule has 1 fully saturated rings. The minimum absolute atomic E-state index is 0.185. The molecule has 2 N–H and O–H groups in total. The van der Waals surface area contributed by atoms with Crippen molar-refractivity contribution in [3.8, 4) is 0 Å². The van der Waals surface area contributed by atoms with Crippen molar-refractivity contribution in [2.45, 2.75) is 12.3 Å². The number of aromatic nitrogens is 1. The number of carboxylic acids is 1. The summed E-state index contributed by atoms with van der Waals surface area (Å²) in [4.78, 5) is 10.7. The van der Waals surface area contributed by atoms with Crippen LogP contribution < -0.4 is 5.32 Å². The predicted molar refractivity (Wildman–Crippen MR) is 43.7 cm³/mol.